The number of fused-ring (bicyclic) bond motifs is 2. The molecule has 4 nitrogen and oxygen atoms in total. The highest BCUT2D eigenvalue weighted by Gasteiger charge is 2.17. The van der Waals surface area contributed by atoms with E-state index in [9.17, 15) is 4.79 Å². The first-order chi connectivity index (χ1) is 15.8. The number of benzene rings is 2. The molecule has 1 aliphatic heterocycles. The predicted molar refractivity (Wildman–Crippen MR) is 132 cm³/mol. The van der Waals surface area contributed by atoms with Crippen LogP contribution >= 0.6 is 0 Å². The number of hydrogen-bond acceptors (Lipinski definition) is 3. The zero-order valence-electron chi connectivity index (χ0n) is 19.1. The Morgan fingerprint density at radius 1 is 0.844 bits per heavy atom. The van der Waals surface area contributed by atoms with Crippen molar-refractivity contribution in [2.45, 2.75) is 58.0 Å². The van der Waals surface area contributed by atoms with Crippen molar-refractivity contribution in [1.29, 1.82) is 0 Å². The van der Waals surface area contributed by atoms with E-state index in [4.69, 9.17) is 0 Å². The first kappa shape index (κ1) is 21.4. The van der Waals surface area contributed by atoms with Crippen molar-refractivity contribution in [3.8, 4) is 0 Å². The third-order valence-electron chi connectivity index (χ3n) is 7.22. The Morgan fingerprint density at radius 2 is 1.62 bits per heavy atom. The summed E-state index contributed by atoms with van der Waals surface area (Å²) in [5.74, 6) is 0. The number of aromatic nitrogens is 1. The first-order valence-corrected chi connectivity index (χ1v) is 12.4. The molecule has 0 atom stereocenters. The lowest BCUT2D eigenvalue weighted by Crippen LogP contribution is -2.36. The highest BCUT2D eigenvalue weighted by atomic mass is 16.1. The molecule has 3 aromatic rings. The first-order valence-electron chi connectivity index (χ1n) is 12.4. The SMILES string of the molecule is O=c1c(CNCCc2ccccc2)cc2cc3c(cc2n1CCN1CCCCC1)CCC3. The molecule has 0 spiro atoms. The molecule has 2 heterocycles. The third kappa shape index (κ3) is 4.82. The van der Waals surface area contributed by atoms with Crippen LogP contribution in [-0.2, 0) is 32.4 Å². The number of likely N-dealkylation sites (tertiary alicyclic amines) is 1. The van der Waals surface area contributed by atoms with Crippen molar-refractivity contribution < 1.29 is 0 Å². The lowest BCUT2D eigenvalue weighted by atomic mass is 10.0. The minimum atomic E-state index is 0.180. The van der Waals surface area contributed by atoms with E-state index in [2.05, 4.69) is 63.3 Å². The summed E-state index contributed by atoms with van der Waals surface area (Å²) >= 11 is 0. The maximum absolute atomic E-state index is 13.5. The molecule has 1 saturated heterocycles. The molecule has 0 unspecified atom stereocenters. The van der Waals surface area contributed by atoms with Gasteiger partial charge in [-0.3, -0.25) is 4.79 Å². The molecule has 0 radical (unpaired) electrons. The van der Waals surface area contributed by atoms with Gasteiger partial charge in [0.1, 0.15) is 0 Å². The number of aryl methyl sites for hydroxylation is 2. The van der Waals surface area contributed by atoms with Gasteiger partial charge in [0.15, 0.2) is 0 Å². The van der Waals surface area contributed by atoms with Gasteiger partial charge in [0.2, 0.25) is 0 Å². The summed E-state index contributed by atoms with van der Waals surface area (Å²) in [5, 5.41) is 4.74. The van der Waals surface area contributed by atoms with Gasteiger partial charge in [-0.25, -0.2) is 0 Å². The molecule has 1 aliphatic carbocycles. The van der Waals surface area contributed by atoms with Gasteiger partial charge in [0.05, 0.1) is 5.52 Å². The largest absolute Gasteiger partial charge is 0.312 e. The Morgan fingerprint density at radius 3 is 2.44 bits per heavy atom. The van der Waals surface area contributed by atoms with E-state index in [0.717, 1.165) is 43.6 Å². The van der Waals surface area contributed by atoms with Crippen LogP contribution in [0, 0.1) is 0 Å². The molecular weight excluding hydrogens is 394 g/mol. The zero-order valence-corrected chi connectivity index (χ0v) is 19.1. The minimum absolute atomic E-state index is 0.180. The van der Waals surface area contributed by atoms with E-state index in [0.29, 0.717) is 6.54 Å². The summed E-state index contributed by atoms with van der Waals surface area (Å²) < 4.78 is 2.07. The highest BCUT2D eigenvalue weighted by Crippen LogP contribution is 2.27. The number of nitrogens with one attached hydrogen (secondary N) is 1. The van der Waals surface area contributed by atoms with Gasteiger partial charge in [-0.05, 0) is 98.4 Å². The van der Waals surface area contributed by atoms with E-state index >= 15 is 0 Å². The number of pyridine rings is 1. The molecule has 32 heavy (non-hydrogen) atoms. The van der Waals surface area contributed by atoms with Gasteiger partial charge in [-0.2, -0.15) is 0 Å². The molecule has 0 saturated carbocycles. The van der Waals surface area contributed by atoms with Crippen LogP contribution in [-0.4, -0.2) is 35.6 Å². The lowest BCUT2D eigenvalue weighted by molar-refractivity contribution is 0.221. The second-order valence-corrected chi connectivity index (χ2v) is 9.47. The summed E-state index contributed by atoms with van der Waals surface area (Å²) in [7, 11) is 0. The van der Waals surface area contributed by atoms with Gasteiger partial charge >= 0.3 is 0 Å². The standard InChI is InChI=1S/C28H35N3O/c32-28-26(21-29-13-12-22-8-3-1-4-9-22)19-25-18-23-10-7-11-24(23)20-27(25)31(28)17-16-30-14-5-2-6-15-30/h1,3-4,8-9,18-20,29H,2,5-7,10-17,21H2. The molecule has 2 aliphatic rings. The van der Waals surface area contributed by atoms with Crippen LogP contribution in [0.15, 0.2) is 53.3 Å². The molecule has 1 fully saturated rings. The third-order valence-corrected chi connectivity index (χ3v) is 7.22. The summed E-state index contributed by atoms with van der Waals surface area (Å²) in [4.78, 5) is 16.1. The van der Waals surface area contributed by atoms with E-state index in [1.807, 2.05) is 0 Å². The normalized spacial score (nSPS) is 16.5. The average Bonchev–Trinajstić information content (AvgIpc) is 3.29. The Hall–Kier alpha value is -2.43. The molecule has 168 valence electrons. The molecule has 0 amide bonds. The average molecular weight is 430 g/mol. The van der Waals surface area contributed by atoms with Crippen LogP contribution in [0.1, 0.15) is 47.9 Å². The zero-order chi connectivity index (χ0) is 21.8. The molecule has 4 heteroatoms. The quantitative estimate of drug-likeness (QED) is 0.542. The van der Waals surface area contributed by atoms with Gasteiger partial charge in [-0.15, -0.1) is 0 Å². The second-order valence-electron chi connectivity index (χ2n) is 9.47. The van der Waals surface area contributed by atoms with E-state index in [-0.39, 0.29) is 5.56 Å². The van der Waals surface area contributed by atoms with Gasteiger partial charge in [-0.1, -0.05) is 36.8 Å². The van der Waals surface area contributed by atoms with E-state index < -0.39 is 0 Å². The Balaban J connectivity index is 1.37. The summed E-state index contributed by atoms with van der Waals surface area (Å²) in [5.41, 5.74) is 6.44. The lowest BCUT2D eigenvalue weighted by Gasteiger charge is -2.27. The van der Waals surface area contributed by atoms with E-state index in [1.165, 1.54) is 67.3 Å². The smallest absolute Gasteiger partial charge is 0.255 e. The van der Waals surface area contributed by atoms with Crippen molar-refractivity contribution in [2.24, 2.45) is 0 Å². The number of hydrogen-bond donors (Lipinski definition) is 1. The van der Waals surface area contributed by atoms with Crippen LogP contribution < -0.4 is 10.9 Å². The predicted octanol–water partition coefficient (Wildman–Crippen LogP) is 4.31. The number of nitrogens with zero attached hydrogens (tertiary/aromatic N) is 2. The molecule has 1 N–H and O–H groups in total. The van der Waals surface area contributed by atoms with Crippen LogP contribution in [0.25, 0.3) is 10.9 Å². The van der Waals surface area contributed by atoms with Crippen molar-refractivity contribution >= 4 is 10.9 Å². The van der Waals surface area contributed by atoms with Crippen LogP contribution in [0.3, 0.4) is 0 Å². The maximum atomic E-state index is 13.5. The Bertz CT molecular complexity index is 1110. The number of rotatable bonds is 8. The second kappa shape index (κ2) is 10.0. The van der Waals surface area contributed by atoms with Crippen LogP contribution in [0.5, 0.6) is 0 Å². The molecule has 5 rings (SSSR count). The van der Waals surface area contributed by atoms with E-state index in [1.54, 1.807) is 0 Å². The highest BCUT2D eigenvalue weighted by molar-refractivity contribution is 5.82. The fourth-order valence-corrected chi connectivity index (χ4v) is 5.39. The van der Waals surface area contributed by atoms with Crippen LogP contribution in [0.2, 0.25) is 0 Å². The van der Waals surface area contributed by atoms with Gasteiger partial charge < -0.3 is 14.8 Å². The van der Waals surface area contributed by atoms with Crippen LogP contribution in [0.4, 0.5) is 0 Å². The van der Waals surface area contributed by atoms with Crippen molar-refractivity contribution in [2.75, 3.05) is 26.2 Å². The Labute approximate surface area is 191 Å². The summed E-state index contributed by atoms with van der Waals surface area (Å²) in [6, 6.07) is 17.3. The fraction of sp³-hybridized carbons (Fsp3) is 0.464. The molecule has 2 aromatic carbocycles. The minimum Gasteiger partial charge on any atom is -0.312 e. The molecule has 0 bridgehead atoms. The maximum Gasteiger partial charge on any atom is 0.255 e. The fourth-order valence-electron chi connectivity index (χ4n) is 5.39. The van der Waals surface area contributed by atoms with Crippen molar-refractivity contribution in [3.63, 3.8) is 0 Å². The molecular formula is C28H35N3O. The summed E-state index contributed by atoms with van der Waals surface area (Å²) in [6.07, 6.45) is 8.44. The molecule has 1 aromatic heterocycles. The van der Waals surface area contributed by atoms with Gasteiger partial charge in [0.25, 0.3) is 5.56 Å². The van der Waals surface area contributed by atoms with Crippen molar-refractivity contribution in [3.05, 3.63) is 81.1 Å². The Kier molecular flexibility index (Phi) is 6.70. The monoisotopic (exact) mass is 429 g/mol. The summed E-state index contributed by atoms with van der Waals surface area (Å²) in [6.45, 7) is 5.59. The topological polar surface area (TPSA) is 37.3 Å². The van der Waals surface area contributed by atoms with Crippen molar-refractivity contribution in [1.82, 2.24) is 14.8 Å². The number of piperidine rings is 1. The van der Waals surface area contributed by atoms with Gasteiger partial charge in [0, 0.05) is 25.2 Å².